The minimum absolute atomic E-state index is 0.363. The van der Waals surface area contributed by atoms with Crippen LogP contribution >= 0.6 is 15.9 Å². The Balaban J connectivity index is 1.85. The van der Waals surface area contributed by atoms with Crippen molar-refractivity contribution in [3.05, 3.63) is 51.9 Å². The van der Waals surface area contributed by atoms with Crippen LogP contribution in [0.1, 0.15) is 29.3 Å². The van der Waals surface area contributed by atoms with Crippen LogP contribution < -0.4 is 5.32 Å². The third kappa shape index (κ3) is 2.25. The standard InChI is InChI=1S/C14H14BrN3/c1-9-6-14(17-8-16-9)18-13-5-2-10-7-11(15)3-4-12(10)13/h3-4,6-8,13H,2,5H2,1H3,(H,16,17,18). The maximum atomic E-state index is 4.26. The van der Waals surface area contributed by atoms with E-state index < -0.39 is 0 Å². The van der Waals surface area contributed by atoms with Crippen molar-refractivity contribution in [2.24, 2.45) is 0 Å². The Morgan fingerprint density at radius 3 is 3.00 bits per heavy atom. The normalized spacial score (nSPS) is 17.6. The zero-order chi connectivity index (χ0) is 12.5. The van der Waals surface area contributed by atoms with E-state index in [2.05, 4.69) is 49.4 Å². The fourth-order valence-electron chi connectivity index (χ4n) is 2.45. The fourth-order valence-corrected chi connectivity index (χ4v) is 2.86. The molecule has 2 aromatic rings. The Morgan fingerprint density at radius 1 is 1.28 bits per heavy atom. The number of fused-ring (bicyclic) bond motifs is 1. The molecule has 1 aliphatic rings. The van der Waals surface area contributed by atoms with Crippen molar-refractivity contribution in [3.63, 3.8) is 0 Å². The summed E-state index contributed by atoms with van der Waals surface area (Å²) < 4.78 is 1.15. The van der Waals surface area contributed by atoms with Gasteiger partial charge in [-0.05, 0) is 43.0 Å². The van der Waals surface area contributed by atoms with Gasteiger partial charge in [0.2, 0.25) is 0 Å². The van der Waals surface area contributed by atoms with Crippen LogP contribution in [0.25, 0.3) is 0 Å². The number of nitrogens with zero attached hydrogens (tertiary/aromatic N) is 2. The van der Waals surface area contributed by atoms with E-state index in [1.54, 1.807) is 6.33 Å². The molecule has 1 heterocycles. The molecule has 4 heteroatoms. The summed E-state index contributed by atoms with van der Waals surface area (Å²) >= 11 is 3.52. The number of hydrogen-bond acceptors (Lipinski definition) is 3. The van der Waals surface area contributed by atoms with E-state index in [9.17, 15) is 0 Å². The first-order valence-corrected chi connectivity index (χ1v) is 6.85. The summed E-state index contributed by atoms with van der Waals surface area (Å²) in [7, 11) is 0. The predicted octanol–water partition coefficient (Wildman–Crippen LogP) is 3.65. The maximum Gasteiger partial charge on any atom is 0.130 e. The van der Waals surface area contributed by atoms with Crippen LogP contribution in [0.5, 0.6) is 0 Å². The third-order valence-electron chi connectivity index (χ3n) is 3.31. The van der Waals surface area contributed by atoms with Gasteiger partial charge in [0.15, 0.2) is 0 Å². The Hall–Kier alpha value is -1.42. The van der Waals surface area contributed by atoms with Crippen molar-refractivity contribution in [1.29, 1.82) is 0 Å². The molecular formula is C14H14BrN3. The van der Waals surface area contributed by atoms with Gasteiger partial charge in [0.1, 0.15) is 12.1 Å². The van der Waals surface area contributed by atoms with Crippen LogP contribution in [-0.2, 0) is 6.42 Å². The maximum absolute atomic E-state index is 4.26. The SMILES string of the molecule is Cc1cc(NC2CCc3cc(Br)ccc32)ncn1. The smallest absolute Gasteiger partial charge is 0.130 e. The monoisotopic (exact) mass is 303 g/mol. The number of rotatable bonds is 2. The van der Waals surface area contributed by atoms with Crippen LogP contribution in [0.2, 0.25) is 0 Å². The molecule has 0 saturated carbocycles. The Bertz CT molecular complexity index is 583. The molecule has 0 bridgehead atoms. The lowest BCUT2D eigenvalue weighted by molar-refractivity contribution is 0.756. The average molecular weight is 304 g/mol. The van der Waals surface area contributed by atoms with Crippen molar-refractivity contribution in [2.75, 3.05) is 5.32 Å². The van der Waals surface area contributed by atoms with Gasteiger partial charge in [-0.1, -0.05) is 22.0 Å². The van der Waals surface area contributed by atoms with Gasteiger partial charge < -0.3 is 5.32 Å². The van der Waals surface area contributed by atoms with Crippen molar-refractivity contribution >= 4 is 21.7 Å². The van der Waals surface area contributed by atoms with Crippen LogP contribution in [0.15, 0.2) is 35.1 Å². The van der Waals surface area contributed by atoms with E-state index in [1.165, 1.54) is 11.1 Å². The highest BCUT2D eigenvalue weighted by molar-refractivity contribution is 9.10. The highest BCUT2D eigenvalue weighted by atomic mass is 79.9. The summed E-state index contributed by atoms with van der Waals surface area (Å²) in [5, 5.41) is 3.49. The largest absolute Gasteiger partial charge is 0.363 e. The van der Waals surface area contributed by atoms with Crippen LogP contribution in [-0.4, -0.2) is 9.97 Å². The zero-order valence-electron chi connectivity index (χ0n) is 10.2. The molecule has 3 nitrogen and oxygen atoms in total. The number of nitrogens with one attached hydrogen (secondary N) is 1. The van der Waals surface area contributed by atoms with Crippen molar-refractivity contribution < 1.29 is 0 Å². The van der Waals surface area contributed by atoms with Gasteiger partial charge in [-0.25, -0.2) is 9.97 Å². The van der Waals surface area contributed by atoms with Crippen molar-refractivity contribution in [1.82, 2.24) is 9.97 Å². The summed E-state index contributed by atoms with van der Waals surface area (Å²) in [5.74, 6) is 0.906. The minimum atomic E-state index is 0.363. The lowest BCUT2D eigenvalue weighted by Crippen LogP contribution is -2.08. The highest BCUT2D eigenvalue weighted by Crippen LogP contribution is 2.34. The number of aryl methyl sites for hydroxylation is 2. The second-order valence-electron chi connectivity index (χ2n) is 4.62. The van der Waals surface area contributed by atoms with E-state index in [0.717, 1.165) is 28.8 Å². The fraction of sp³-hybridized carbons (Fsp3) is 0.286. The second-order valence-corrected chi connectivity index (χ2v) is 5.54. The number of benzene rings is 1. The van der Waals surface area contributed by atoms with Gasteiger partial charge in [0.25, 0.3) is 0 Å². The van der Waals surface area contributed by atoms with Gasteiger partial charge in [0, 0.05) is 16.2 Å². The Morgan fingerprint density at radius 2 is 2.17 bits per heavy atom. The zero-order valence-corrected chi connectivity index (χ0v) is 11.7. The quantitative estimate of drug-likeness (QED) is 0.920. The molecule has 0 amide bonds. The van der Waals surface area contributed by atoms with Gasteiger partial charge in [-0.2, -0.15) is 0 Å². The first-order valence-electron chi connectivity index (χ1n) is 6.06. The van der Waals surface area contributed by atoms with Crippen LogP contribution in [0.4, 0.5) is 5.82 Å². The lowest BCUT2D eigenvalue weighted by atomic mass is 10.1. The van der Waals surface area contributed by atoms with E-state index in [1.807, 2.05) is 13.0 Å². The van der Waals surface area contributed by atoms with Gasteiger partial charge >= 0.3 is 0 Å². The third-order valence-corrected chi connectivity index (χ3v) is 3.80. The summed E-state index contributed by atoms with van der Waals surface area (Å²) in [5.41, 5.74) is 3.80. The highest BCUT2D eigenvalue weighted by Gasteiger charge is 2.22. The molecule has 1 N–H and O–H groups in total. The van der Waals surface area contributed by atoms with Gasteiger partial charge in [0.05, 0.1) is 6.04 Å². The molecule has 0 saturated heterocycles. The molecule has 0 fully saturated rings. The van der Waals surface area contributed by atoms with Crippen molar-refractivity contribution in [3.8, 4) is 0 Å². The van der Waals surface area contributed by atoms with Crippen LogP contribution in [0.3, 0.4) is 0 Å². The topological polar surface area (TPSA) is 37.8 Å². The van der Waals surface area contributed by atoms with E-state index >= 15 is 0 Å². The van der Waals surface area contributed by atoms with E-state index in [-0.39, 0.29) is 0 Å². The molecule has 1 atom stereocenters. The van der Waals surface area contributed by atoms with E-state index in [4.69, 9.17) is 0 Å². The molecule has 92 valence electrons. The molecule has 1 unspecified atom stereocenters. The molecule has 1 aromatic heterocycles. The average Bonchev–Trinajstić information content (AvgIpc) is 2.72. The second kappa shape index (κ2) is 4.69. The van der Waals surface area contributed by atoms with Gasteiger partial charge in [-0.3, -0.25) is 0 Å². The van der Waals surface area contributed by atoms with E-state index in [0.29, 0.717) is 6.04 Å². The van der Waals surface area contributed by atoms with Gasteiger partial charge in [-0.15, -0.1) is 0 Å². The number of anilines is 1. The number of halogens is 1. The summed E-state index contributed by atoms with van der Waals surface area (Å²) in [6.45, 7) is 1.98. The molecule has 0 spiro atoms. The molecule has 18 heavy (non-hydrogen) atoms. The summed E-state index contributed by atoms with van der Waals surface area (Å²) in [4.78, 5) is 8.38. The number of aromatic nitrogens is 2. The van der Waals surface area contributed by atoms with Crippen LogP contribution in [0, 0.1) is 6.92 Å². The molecule has 0 radical (unpaired) electrons. The predicted molar refractivity (Wildman–Crippen MR) is 75.6 cm³/mol. The lowest BCUT2D eigenvalue weighted by Gasteiger charge is -2.14. The molecule has 1 aliphatic carbocycles. The first kappa shape index (κ1) is 11.7. The Kier molecular flexibility index (Phi) is 3.04. The molecule has 1 aromatic carbocycles. The Labute approximate surface area is 115 Å². The molecule has 0 aliphatic heterocycles. The van der Waals surface area contributed by atoms with Crippen molar-refractivity contribution in [2.45, 2.75) is 25.8 Å². The molecule has 3 rings (SSSR count). The minimum Gasteiger partial charge on any atom is -0.363 e. The summed E-state index contributed by atoms with van der Waals surface area (Å²) in [6, 6.07) is 8.85. The summed E-state index contributed by atoms with van der Waals surface area (Å²) in [6.07, 6.45) is 3.85. The molecular weight excluding hydrogens is 290 g/mol. The first-order chi connectivity index (χ1) is 8.72. The number of hydrogen-bond donors (Lipinski definition) is 1.